The number of halogens is 4. The van der Waals surface area contributed by atoms with Gasteiger partial charge in [-0.15, -0.1) is 0 Å². The van der Waals surface area contributed by atoms with Crippen molar-refractivity contribution in [3.63, 3.8) is 0 Å². The van der Waals surface area contributed by atoms with Crippen LogP contribution in [0.15, 0.2) is 59.5 Å². The zero-order valence-electron chi connectivity index (χ0n) is 17.2. The highest BCUT2D eigenvalue weighted by molar-refractivity contribution is 6.31. The van der Waals surface area contributed by atoms with Gasteiger partial charge < -0.3 is 9.84 Å². The van der Waals surface area contributed by atoms with Gasteiger partial charge in [0.05, 0.1) is 29.2 Å². The number of benzene rings is 2. The maximum atomic E-state index is 13.6. The number of ether oxygens (including phenoxy) is 1. The molecular weight excluding hydrogens is 491 g/mol. The van der Waals surface area contributed by atoms with Crippen molar-refractivity contribution in [3.05, 3.63) is 86.6 Å². The van der Waals surface area contributed by atoms with Gasteiger partial charge >= 0.3 is 5.97 Å². The molecule has 34 heavy (non-hydrogen) atoms. The summed E-state index contributed by atoms with van der Waals surface area (Å²) in [6.45, 7) is -0.377. The van der Waals surface area contributed by atoms with Gasteiger partial charge in [-0.05, 0) is 42.0 Å². The molecule has 0 aliphatic carbocycles. The van der Waals surface area contributed by atoms with E-state index in [4.69, 9.17) is 27.9 Å². The number of fused-ring (bicyclic) bond motifs is 1. The number of aromatic carboxylic acids is 1. The monoisotopic (exact) mass is 505 g/mol. The minimum atomic E-state index is -3.00. The molecule has 0 amide bonds. The zero-order valence-corrected chi connectivity index (χ0v) is 18.7. The predicted molar refractivity (Wildman–Crippen MR) is 123 cm³/mol. The summed E-state index contributed by atoms with van der Waals surface area (Å²) >= 11 is 12.0. The molecule has 2 heterocycles. The smallest absolute Gasteiger partial charge is 0.335 e. The molecule has 0 bridgehead atoms. The second-order valence-electron chi connectivity index (χ2n) is 7.13. The second kappa shape index (κ2) is 9.74. The Kier molecular flexibility index (Phi) is 6.76. The van der Waals surface area contributed by atoms with Crippen molar-refractivity contribution in [3.8, 4) is 16.9 Å². The van der Waals surface area contributed by atoms with Gasteiger partial charge in [-0.2, -0.15) is 0 Å². The normalized spacial score (nSPS) is 11.2. The molecule has 0 spiro atoms. The molecule has 0 fully saturated rings. The van der Waals surface area contributed by atoms with E-state index in [9.17, 15) is 23.5 Å². The number of rotatable bonds is 7. The third kappa shape index (κ3) is 4.85. The van der Waals surface area contributed by atoms with Gasteiger partial charge in [-0.25, -0.2) is 23.5 Å². The van der Waals surface area contributed by atoms with Crippen LogP contribution in [-0.2, 0) is 6.54 Å². The summed E-state index contributed by atoms with van der Waals surface area (Å²) in [5.41, 5.74) is 0.440. The van der Waals surface area contributed by atoms with Crippen LogP contribution >= 0.6 is 23.2 Å². The van der Waals surface area contributed by atoms with Gasteiger partial charge in [0.2, 0.25) is 0 Å². The van der Waals surface area contributed by atoms with Crippen molar-refractivity contribution < 1.29 is 23.4 Å². The highest BCUT2D eigenvalue weighted by Crippen LogP contribution is 2.33. The molecule has 7 nitrogen and oxygen atoms in total. The van der Waals surface area contributed by atoms with E-state index in [1.54, 1.807) is 30.3 Å². The highest BCUT2D eigenvalue weighted by atomic mass is 35.5. The minimum absolute atomic E-state index is 0.0140. The lowest BCUT2D eigenvalue weighted by Crippen LogP contribution is -2.28. The maximum absolute atomic E-state index is 13.6. The summed E-state index contributed by atoms with van der Waals surface area (Å²) < 4.78 is 33.9. The molecule has 1 N–H and O–H groups in total. The summed E-state index contributed by atoms with van der Waals surface area (Å²) in [5, 5.41) is 9.75. The third-order valence-electron chi connectivity index (χ3n) is 4.97. The fourth-order valence-electron chi connectivity index (χ4n) is 3.42. The van der Waals surface area contributed by atoms with Crippen LogP contribution in [0.4, 0.5) is 8.78 Å². The second-order valence-corrected chi connectivity index (χ2v) is 7.95. The number of pyridine rings is 1. The molecule has 0 unspecified atom stereocenters. The number of alkyl halides is 2. The largest absolute Gasteiger partial charge is 0.491 e. The Bertz CT molecular complexity index is 1460. The SMILES string of the molecule is O=C(O)c1cccc(-c2cc(Cl)ccc2OCCn2c(C(F)F)nc3cnc(Cl)cc3c2=O)c1. The lowest BCUT2D eigenvalue weighted by atomic mass is 10.0. The van der Waals surface area contributed by atoms with E-state index < -0.39 is 23.8 Å². The van der Waals surface area contributed by atoms with E-state index in [0.29, 0.717) is 21.9 Å². The standard InChI is InChI=1S/C23H15Cl2F2N3O4/c24-14-4-5-18(15(9-14)12-2-1-3-13(8-12)23(32)33)34-7-6-30-21(20(26)27)29-17-11-28-19(25)10-16(17)22(30)31/h1-5,8-11,20H,6-7H2,(H,32,33). The van der Waals surface area contributed by atoms with Crippen molar-refractivity contribution in [2.45, 2.75) is 13.0 Å². The molecule has 2 aromatic heterocycles. The topological polar surface area (TPSA) is 94.3 Å². The van der Waals surface area contributed by atoms with Crippen LogP contribution in [0, 0.1) is 0 Å². The summed E-state index contributed by atoms with van der Waals surface area (Å²) in [7, 11) is 0. The molecule has 0 saturated heterocycles. The molecule has 4 aromatic rings. The molecule has 0 radical (unpaired) electrons. The Labute approximate surface area is 201 Å². The van der Waals surface area contributed by atoms with Crippen LogP contribution in [0.2, 0.25) is 10.2 Å². The summed E-state index contributed by atoms with van der Waals surface area (Å²) in [6, 6.07) is 12.2. The first-order valence-electron chi connectivity index (χ1n) is 9.85. The van der Waals surface area contributed by atoms with Crippen molar-refractivity contribution in [2.24, 2.45) is 0 Å². The number of hydrogen-bond donors (Lipinski definition) is 1. The summed E-state index contributed by atoms with van der Waals surface area (Å²) in [5.74, 6) is -1.47. The van der Waals surface area contributed by atoms with E-state index >= 15 is 0 Å². The fraction of sp³-hybridized carbons (Fsp3) is 0.130. The van der Waals surface area contributed by atoms with Crippen molar-refractivity contribution in [1.29, 1.82) is 0 Å². The van der Waals surface area contributed by atoms with E-state index in [-0.39, 0.29) is 34.8 Å². The molecule has 0 aliphatic rings. The van der Waals surface area contributed by atoms with Crippen LogP contribution in [0.1, 0.15) is 22.6 Å². The summed E-state index contributed by atoms with van der Waals surface area (Å²) in [6.07, 6.45) is -1.84. The Morgan fingerprint density at radius 1 is 1.15 bits per heavy atom. The van der Waals surface area contributed by atoms with E-state index in [1.165, 1.54) is 18.2 Å². The van der Waals surface area contributed by atoms with Gasteiger partial charge in [-0.3, -0.25) is 9.36 Å². The van der Waals surface area contributed by atoms with E-state index in [0.717, 1.165) is 10.8 Å². The third-order valence-corrected chi connectivity index (χ3v) is 5.41. The lowest BCUT2D eigenvalue weighted by molar-refractivity contribution is 0.0697. The molecule has 11 heteroatoms. The minimum Gasteiger partial charge on any atom is -0.491 e. The number of aromatic nitrogens is 3. The lowest BCUT2D eigenvalue weighted by Gasteiger charge is -2.15. The van der Waals surface area contributed by atoms with Crippen molar-refractivity contribution in [1.82, 2.24) is 14.5 Å². The molecule has 0 saturated carbocycles. The van der Waals surface area contributed by atoms with Crippen LogP contribution in [0.5, 0.6) is 5.75 Å². The molecule has 0 atom stereocenters. The Balaban J connectivity index is 1.65. The molecule has 174 valence electrons. The van der Waals surface area contributed by atoms with Gasteiger partial charge in [0.15, 0.2) is 5.82 Å². The fourth-order valence-corrected chi connectivity index (χ4v) is 3.75. The molecule has 0 aliphatic heterocycles. The molecule has 2 aromatic carbocycles. The number of nitrogens with zero attached hydrogens (tertiary/aromatic N) is 3. The van der Waals surface area contributed by atoms with E-state index in [1.807, 2.05) is 0 Å². The number of carboxylic acid groups (broad SMARTS) is 1. The average molecular weight is 506 g/mol. The van der Waals surface area contributed by atoms with Crippen LogP contribution in [0.25, 0.3) is 22.0 Å². The zero-order chi connectivity index (χ0) is 24.4. The highest BCUT2D eigenvalue weighted by Gasteiger charge is 2.19. The van der Waals surface area contributed by atoms with Gasteiger partial charge in [0.1, 0.15) is 17.5 Å². The number of carbonyl (C=O) groups is 1. The maximum Gasteiger partial charge on any atom is 0.335 e. The van der Waals surface area contributed by atoms with Gasteiger partial charge in [-0.1, -0.05) is 35.3 Å². The number of carboxylic acids is 1. The Hall–Kier alpha value is -3.56. The van der Waals surface area contributed by atoms with Crippen LogP contribution in [-0.4, -0.2) is 32.2 Å². The average Bonchev–Trinajstić information content (AvgIpc) is 2.81. The predicted octanol–water partition coefficient (Wildman–Crippen LogP) is 5.48. The van der Waals surface area contributed by atoms with E-state index in [2.05, 4.69) is 9.97 Å². The van der Waals surface area contributed by atoms with Crippen LogP contribution in [0.3, 0.4) is 0 Å². The van der Waals surface area contributed by atoms with Crippen molar-refractivity contribution >= 4 is 40.1 Å². The molecule has 4 rings (SSSR count). The van der Waals surface area contributed by atoms with Crippen LogP contribution < -0.4 is 10.3 Å². The molecular formula is C23H15Cl2F2N3O4. The van der Waals surface area contributed by atoms with Gasteiger partial charge in [0, 0.05) is 10.6 Å². The first-order valence-corrected chi connectivity index (χ1v) is 10.6. The number of hydrogen-bond acceptors (Lipinski definition) is 5. The first-order chi connectivity index (χ1) is 16.2. The Morgan fingerprint density at radius 2 is 1.94 bits per heavy atom. The summed E-state index contributed by atoms with van der Waals surface area (Å²) in [4.78, 5) is 31.8. The van der Waals surface area contributed by atoms with Crippen molar-refractivity contribution in [2.75, 3.05) is 6.61 Å². The quantitative estimate of drug-likeness (QED) is 0.334. The Morgan fingerprint density at radius 3 is 2.68 bits per heavy atom. The first kappa shape index (κ1) is 23.6. The van der Waals surface area contributed by atoms with Gasteiger partial charge in [0.25, 0.3) is 12.0 Å².